The van der Waals surface area contributed by atoms with Crippen molar-refractivity contribution < 1.29 is 9.78 Å². The van der Waals surface area contributed by atoms with Crippen LogP contribution < -0.4 is 0 Å². The molecule has 0 heterocycles. The van der Waals surface area contributed by atoms with E-state index in [0.29, 0.717) is 5.92 Å². The van der Waals surface area contributed by atoms with Crippen molar-refractivity contribution in [2.24, 2.45) is 5.92 Å². The molecule has 1 atom stereocenters. The first-order chi connectivity index (χ1) is 6.31. The molecule has 0 radical (unpaired) electrons. The Kier molecular flexibility index (Phi) is 9.94. The van der Waals surface area contributed by atoms with Gasteiger partial charge in [-0.05, 0) is 12.3 Å². The average Bonchev–Trinajstić information content (AvgIpc) is 2.16. The van der Waals surface area contributed by atoms with Gasteiger partial charge in [0.1, 0.15) is 0 Å². The van der Waals surface area contributed by atoms with Crippen LogP contribution in [0.2, 0.25) is 0 Å². The Labute approximate surface area is 82.5 Å². The fraction of sp³-hybridized carbons (Fsp3) is 1.00. The van der Waals surface area contributed by atoms with Gasteiger partial charge in [-0.25, -0.2) is 9.78 Å². The molecule has 0 fully saturated rings. The zero-order valence-electron chi connectivity index (χ0n) is 9.34. The SMILES string of the molecule is CCCCCCOOCC(C)CC. The Morgan fingerprint density at radius 1 is 1.00 bits per heavy atom. The van der Waals surface area contributed by atoms with Gasteiger partial charge in [0.2, 0.25) is 0 Å². The van der Waals surface area contributed by atoms with Crippen molar-refractivity contribution in [3.8, 4) is 0 Å². The lowest BCUT2D eigenvalue weighted by Gasteiger charge is -2.08. The van der Waals surface area contributed by atoms with Gasteiger partial charge < -0.3 is 0 Å². The van der Waals surface area contributed by atoms with Crippen LogP contribution in [0.3, 0.4) is 0 Å². The zero-order valence-corrected chi connectivity index (χ0v) is 9.34. The molecule has 0 aromatic rings. The van der Waals surface area contributed by atoms with Crippen molar-refractivity contribution in [1.82, 2.24) is 0 Å². The summed E-state index contributed by atoms with van der Waals surface area (Å²) in [6, 6.07) is 0. The minimum absolute atomic E-state index is 0.607. The predicted molar refractivity (Wildman–Crippen MR) is 55.5 cm³/mol. The Hall–Kier alpha value is -0.0800. The van der Waals surface area contributed by atoms with E-state index in [4.69, 9.17) is 9.78 Å². The molecule has 0 aliphatic rings. The number of rotatable bonds is 9. The van der Waals surface area contributed by atoms with Crippen LogP contribution in [0.25, 0.3) is 0 Å². The summed E-state index contributed by atoms with van der Waals surface area (Å²) in [4.78, 5) is 10.1. The molecule has 0 aromatic carbocycles. The molecule has 0 aliphatic heterocycles. The Morgan fingerprint density at radius 3 is 2.38 bits per heavy atom. The van der Waals surface area contributed by atoms with Gasteiger partial charge >= 0.3 is 0 Å². The highest BCUT2D eigenvalue weighted by Crippen LogP contribution is 2.02. The smallest absolute Gasteiger partial charge is 0.0847 e. The van der Waals surface area contributed by atoms with E-state index in [-0.39, 0.29) is 0 Å². The first-order valence-electron chi connectivity index (χ1n) is 5.55. The zero-order chi connectivity index (χ0) is 9.94. The Morgan fingerprint density at radius 2 is 1.77 bits per heavy atom. The van der Waals surface area contributed by atoms with Crippen LogP contribution in [-0.4, -0.2) is 13.2 Å². The lowest BCUT2D eigenvalue weighted by Crippen LogP contribution is -2.06. The number of unbranched alkanes of at least 4 members (excludes halogenated alkanes) is 3. The normalized spacial score (nSPS) is 13.2. The molecule has 0 saturated heterocycles. The second kappa shape index (κ2) is 10.0. The van der Waals surface area contributed by atoms with Gasteiger partial charge in [0.25, 0.3) is 0 Å². The summed E-state index contributed by atoms with van der Waals surface area (Å²) in [6.45, 7) is 8.01. The van der Waals surface area contributed by atoms with E-state index in [0.717, 1.165) is 26.1 Å². The van der Waals surface area contributed by atoms with Crippen molar-refractivity contribution in [3.63, 3.8) is 0 Å². The van der Waals surface area contributed by atoms with Gasteiger partial charge in [-0.2, -0.15) is 0 Å². The van der Waals surface area contributed by atoms with Gasteiger partial charge in [0.15, 0.2) is 0 Å². The third-order valence-corrected chi connectivity index (χ3v) is 2.21. The first-order valence-corrected chi connectivity index (χ1v) is 5.55. The van der Waals surface area contributed by atoms with Gasteiger partial charge in [-0.3, -0.25) is 0 Å². The molecule has 2 nitrogen and oxygen atoms in total. The van der Waals surface area contributed by atoms with Crippen LogP contribution in [0, 0.1) is 5.92 Å². The molecule has 2 heteroatoms. The lowest BCUT2D eigenvalue weighted by atomic mass is 10.1. The fourth-order valence-electron chi connectivity index (χ4n) is 0.929. The molecule has 0 rings (SSSR count). The van der Waals surface area contributed by atoms with Crippen molar-refractivity contribution in [2.75, 3.05) is 13.2 Å². The fourth-order valence-corrected chi connectivity index (χ4v) is 0.929. The maximum Gasteiger partial charge on any atom is 0.0847 e. The molecular weight excluding hydrogens is 164 g/mol. The standard InChI is InChI=1S/C11H24O2/c1-4-6-7-8-9-12-13-10-11(3)5-2/h11H,4-10H2,1-3H3. The van der Waals surface area contributed by atoms with Gasteiger partial charge in [0.05, 0.1) is 13.2 Å². The van der Waals surface area contributed by atoms with Crippen LogP contribution in [0.1, 0.15) is 52.9 Å². The minimum Gasteiger partial charge on any atom is -0.237 e. The first kappa shape index (κ1) is 12.9. The lowest BCUT2D eigenvalue weighted by molar-refractivity contribution is -0.301. The minimum atomic E-state index is 0.607. The summed E-state index contributed by atoms with van der Waals surface area (Å²) in [5.74, 6) is 0.607. The largest absolute Gasteiger partial charge is 0.237 e. The van der Waals surface area contributed by atoms with Crippen LogP contribution in [-0.2, 0) is 9.78 Å². The maximum absolute atomic E-state index is 5.07. The Bertz CT molecular complexity index is 94.1. The second-order valence-corrected chi connectivity index (χ2v) is 3.68. The predicted octanol–water partition coefficient (Wildman–Crippen LogP) is 3.56. The summed E-state index contributed by atoms with van der Waals surface area (Å²) >= 11 is 0. The topological polar surface area (TPSA) is 18.5 Å². The van der Waals surface area contributed by atoms with E-state index < -0.39 is 0 Å². The van der Waals surface area contributed by atoms with E-state index >= 15 is 0 Å². The van der Waals surface area contributed by atoms with E-state index in [9.17, 15) is 0 Å². The molecule has 80 valence electrons. The molecule has 0 saturated carbocycles. The summed E-state index contributed by atoms with van der Waals surface area (Å²) in [5, 5.41) is 0. The van der Waals surface area contributed by atoms with E-state index in [1.54, 1.807) is 0 Å². The quantitative estimate of drug-likeness (QED) is 0.313. The summed E-state index contributed by atoms with van der Waals surface area (Å²) in [5.41, 5.74) is 0. The van der Waals surface area contributed by atoms with Crippen LogP contribution >= 0.6 is 0 Å². The summed E-state index contributed by atoms with van der Waals surface area (Å²) in [7, 11) is 0. The number of hydrogen-bond acceptors (Lipinski definition) is 2. The van der Waals surface area contributed by atoms with E-state index in [1.807, 2.05) is 0 Å². The molecule has 0 spiro atoms. The van der Waals surface area contributed by atoms with E-state index in [1.165, 1.54) is 19.3 Å². The molecule has 0 bridgehead atoms. The van der Waals surface area contributed by atoms with Crippen LogP contribution in [0.15, 0.2) is 0 Å². The van der Waals surface area contributed by atoms with Crippen LogP contribution in [0.5, 0.6) is 0 Å². The highest BCUT2D eigenvalue weighted by atomic mass is 17.2. The molecule has 1 unspecified atom stereocenters. The van der Waals surface area contributed by atoms with Gasteiger partial charge in [-0.15, -0.1) is 0 Å². The van der Waals surface area contributed by atoms with Crippen molar-refractivity contribution >= 4 is 0 Å². The molecular formula is C11H24O2. The van der Waals surface area contributed by atoms with Crippen molar-refractivity contribution in [2.45, 2.75) is 52.9 Å². The second-order valence-electron chi connectivity index (χ2n) is 3.68. The van der Waals surface area contributed by atoms with Gasteiger partial charge in [0, 0.05) is 0 Å². The molecule has 0 amide bonds. The average molecular weight is 188 g/mol. The van der Waals surface area contributed by atoms with Crippen molar-refractivity contribution in [3.05, 3.63) is 0 Å². The summed E-state index contributed by atoms with van der Waals surface area (Å²) in [6.07, 6.45) is 6.10. The molecule has 0 N–H and O–H groups in total. The maximum atomic E-state index is 5.07. The van der Waals surface area contributed by atoms with E-state index in [2.05, 4.69) is 20.8 Å². The monoisotopic (exact) mass is 188 g/mol. The number of hydrogen-bond donors (Lipinski definition) is 0. The van der Waals surface area contributed by atoms with Crippen LogP contribution in [0.4, 0.5) is 0 Å². The van der Waals surface area contributed by atoms with Crippen molar-refractivity contribution in [1.29, 1.82) is 0 Å². The molecule has 0 aromatic heterocycles. The van der Waals surface area contributed by atoms with Gasteiger partial charge in [-0.1, -0.05) is 46.5 Å². The third-order valence-electron chi connectivity index (χ3n) is 2.21. The third kappa shape index (κ3) is 9.84. The molecule has 0 aliphatic carbocycles. The highest BCUT2D eigenvalue weighted by molar-refractivity contribution is 4.43. The summed E-state index contributed by atoms with van der Waals surface area (Å²) < 4.78 is 0. The highest BCUT2D eigenvalue weighted by Gasteiger charge is 1.98. The Balaban J connectivity index is 2.91. The molecule has 13 heavy (non-hydrogen) atoms.